The quantitative estimate of drug-likeness (QED) is 0.236. The van der Waals surface area contributed by atoms with E-state index < -0.39 is 42.3 Å². The smallest absolute Gasteiger partial charge is 0.410 e. The lowest BCUT2D eigenvalue weighted by molar-refractivity contribution is -0.147. The number of ketones is 1. The van der Waals surface area contributed by atoms with Crippen LogP contribution in [0, 0.1) is 23.7 Å². The lowest BCUT2D eigenvalue weighted by Crippen LogP contribution is -2.60. The number of rotatable bonds is 18. The molecule has 266 valence electrons. The molecule has 4 amide bonds. The van der Waals surface area contributed by atoms with E-state index in [0.29, 0.717) is 6.54 Å². The van der Waals surface area contributed by atoms with Crippen LogP contribution in [-0.4, -0.2) is 122 Å². The zero-order chi connectivity index (χ0) is 35.5. The highest BCUT2D eigenvalue weighted by molar-refractivity contribution is 5.91. The van der Waals surface area contributed by atoms with Gasteiger partial charge in [-0.05, 0) is 44.4 Å². The van der Waals surface area contributed by atoms with Crippen molar-refractivity contribution in [1.29, 1.82) is 0 Å². The van der Waals surface area contributed by atoms with E-state index in [1.54, 1.807) is 38.0 Å². The van der Waals surface area contributed by atoms with Crippen molar-refractivity contribution in [2.45, 2.75) is 124 Å². The second kappa shape index (κ2) is 19.2. The van der Waals surface area contributed by atoms with Crippen LogP contribution in [0.15, 0.2) is 0 Å². The van der Waals surface area contributed by atoms with Gasteiger partial charge in [0, 0.05) is 40.8 Å². The Hall–Kier alpha value is -2.73. The minimum atomic E-state index is -0.882. The van der Waals surface area contributed by atoms with Gasteiger partial charge in [0.05, 0.1) is 37.3 Å². The number of ether oxygens (including phenoxy) is 3. The molecule has 1 N–H and O–H groups in total. The molecule has 0 aromatic carbocycles. The van der Waals surface area contributed by atoms with Crippen LogP contribution >= 0.6 is 0 Å². The van der Waals surface area contributed by atoms with Gasteiger partial charge >= 0.3 is 6.09 Å². The molecular weight excluding hydrogens is 592 g/mol. The third-order valence-electron chi connectivity index (χ3n) is 9.59. The van der Waals surface area contributed by atoms with Crippen LogP contribution in [-0.2, 0) is 33.4 Å². The van der Waals surface area contributed by atoms with Crippen molar-refractivity contribution in [2.75, 3.05) is 41.5 Å². The summed E-state index contributed by atoms with van der Waals surface area (Å²) in [6.07, 6.45) is 0.679. The first kappa shape index (κ1) is 41.3. The summed E-state index contributed by atoms with van der Waals surface area (Å²) in [6.45, 7) is 17.2. The van der Waals surface area contributed by atoms with Crippen LogP contribution in [0.2, 0.25) is 0 Å². The fourth-order valence-electron chi connectivity index (χ4n) is 6.62. The van der Waals surface area contributed by atoms with Crippen LogP contribution in [0.3, 0.4) is 0 Å². The number of Topliss-reactive ketones (excluding diaryl/α,β-unsaturated/α-hetero) is 1. The Morgan fingerprint density at radius 1 is 0.913 bits per heavy atom. The number of hydrogen-bond acceptors (Lipinski definition) is 8. The van der Waals surface area contributed by atoms with Crippen LogP contribution < -0.4 is 5.32 Å². The molecule has 1 aliphatic heterocycles. The third-order valence-corrected chi connectivity index (χ3v) is 9.59. The molecule has 0 bridgehead atoms. The number of nitrogens with zero attached hydrogens (tertiary/aromatic N) is 3. The Morgan fingerprint density at radius 3 is 1.98 bits per heavy atom. The molecule has 1 saturated heterocycles. The Labute approximate surface area is 277 Å². The summed E-state index contributed by atoms with van der Waals surface area (Å²) >= 11 is 0. The number of likely N-dealkylation sites (tertiary alicyclic amines) is 1. The van der Waals surface area contributed by atoms with Gasteiger partial charge in [-0.15, -0.1) is 0 Å². The highest BCUT2D eigenvalue weighted by atomic mass is 16.6. The van der Waals surface area contributed by atoms with Crippen molar-refractivity contribution < 1.29 is 38.2 Å². The molecule has 0 radical (unpaired) electrons. The second-order valence-corrected chi connectivity index (χ2v) is 13.4. The van der Waals surface area contributed by atoms with E-state index in [9.17, 15) is 24.0 Å². The minimum absolute atomic E-state index is 0.0111. The first-order chi connectivity index (χ1) is 21.5. The summed E-state index contributed by atoms with van der Waals surface area (Å²) in [7, 11) is 6.32. The van der Waals surface area contributed by atoms with E-state index in [1.165, 1.54) is 18.9 Å². The van der Waals surface area contributed by atoms with Crippen molar-refractivity contribution >= 4 is 29.6 Å². The third kappa shape index (κ3) is 10.4. The van der Waals surface area contributed by atoms with Crippen LogP contribution in [0.4, 0.5) is 4.79 Å². The molecule has 0 spiro atoms. The lowest BCUT2D eigenvalue weighted by Gasteiger charge is -2.41. The van der Waals surface area contributed by atoms with Crippen molar-refractivity contribution in [3.8, 4) is 0 Å². The average molecular weight is 655 g/mol. The summed E-state index contributed by atoms with van der Waals surface area (Å²) in [6, 6.07) is -2.42. The molecule has 1 fully saturated rings. The van der Waals surface area contributed by atoms with E-state index in [4.69, 9.17) is 14.2 Å². The topological polar surface area (TPSA) is 135 Å². The van der Waals surface area contributed by atoms with E-state index in [0.717, 1.165) is 19.3 Å². The summed E-state index contributed by atoms with van der Waals surface area (Å²) in [4.78, 5) is 70.9. The van der Waals surface area contributed by atoms with Gasteiger partial charge in [0.15, 0.2) is 0 Å². The maximum atomic E-state index is 14.2. The summed E-state index contributed by atoms with van der Waals surface area (Å²) < 4.78 is 16.8. The number of carbonyl (C=O) groups excluding carboxylic acids is 5. The van der Waals surface area contributed by atoms with Gasteiger partial charge in [-0.1, -0.05) is 54.9 Å². The van der Waals surface area contributed by atoms with Crippen LogP contribution in [0.5, 0.6) is 0 Å². The molecule has 0 aromatic heterocycles. The molecule has 8 atom stereocenters. The van der Waals surface area contributed by atoms with E-state index in [-0.39, 0.29) is 60.3 Å². The Kier molecular flexibility index (Phi) is 17.2. The first-order valence-electron chi connectivity index (χ1n) is 16.8. The number of hydrogen-bond donors (Lipinski definition) is 1. The second-order valence-electron chi connectivity index (χ2n) is 13.4. The van der Waals surface area contributed by atoms with Crippen molar-refractivity contribution in [3.63, 3.8) is 0 Å². The molecule has 0 aliphatic carbocycles. The maximum absolute atomic E-state index is 14.2. The molecule has 1 heterocycles. The van der Waals surface area contributed by atoms with Gasteiger partial charge in [0.2, 0.25) is 17.7 Å². The normalized spacial score (nSPS) is 19.5. The molecule has 8 unspecified atom stereocenters. The monoisotopic (exact) mass is 654 g/mol. The average Bonchev–Trinajstić information content (AvgIpc) is 3.48. The van der Waals surface area contributed by atoms with Gasteiger partial charge in [0.25, 0.3) is 0 Å². The Morgan fingerprint density at radius 2 is 1.52 bits per heavy atom. The van der Waals surface area contributed by atoms with Crippen molar-refractivity contribution in [1.82, 2.24) is 20.0 Å². The molecular formula is C34H62N4O8. The van der Waals surface area contributed by atoms with Crippen LogP contribution in [0.1, 0.15) is 88.0 Å². The standard InChI is InChI=1S/C34H62N4O8/c1-14-22(7)30(26(44-12)19-27(40)38-18-16-17-25(38)31(45-13)23(8)24(9)39)36(10)33(42)28(20(3)4)35-32(41)29(21(5)6)37(11)34(43)46-15-2/h20-23,25-26,28-31H,14-19H2,1-13H3,(H,35,41). The zero-order valence-corrected chi connectivity index (χ0v) is 30.6. The molecule has 1 rings (SSSR count). The summed E-state index contributed by atoms with van der Waals surface area (Å²) in [5, 5.41) is 2.92. The van der Waals surface area contributed by atoms with Gasteiger partial charge in [-0.25, -0.2) is 4.79 Å². The fourth-order valence-corrected chi connectivity index (χ4v) is 6.62. The Bertz CT molecular complexity index is 1020. The van der Waals surface area contributed by atoms with E-state index >= 15 is 0 Å². The molecule has 0 aromatic rings. The number of likely N-dealkylation sites (N-methyl/N-ethyl adjacent to an activating group) is 2. The van der Waals surface area contributed by atoms with Crippen LogP contribution in [0.25, 0.3) is 0 Å². The van der Waals surface area contributed by atoms with Crippen molar-refractivity contribution in [3.05, 3.63) is 0 Å². The highest BCUT2D eigenvalue weighted by Gasteiger charge is 2.43. The molecule has 0 saturated carbocycles. The predicted molar refractivity (Wildman–Crippen MR) is 177 cm³/mol. The maximum Gasteiger partial charge on any atom is 0.410 e. The van der Waals surface area contributed by atoms with Gasteiger partial charge < -0.3 is 29.3 Å². The number of nitrogens with one attached hydrogen (secondary N) is 1. The summed E-state index contributed by atoms with van der Waals surface area (Å²) in [5.41, 5.74) is 0. The largest absolute Gasteiger partial charge is 0.450 e. The van der Waals surface area contributed by atoms with Gasteiger partial charge in [-0.3, -0.25) is 24.1 Å². The van der Waals surface area contributed by atoms with Gasteiger partial charge in [-0.2, -0.15) is 0 Å². The van der Waals surface area contributed by atoms with Gasteiger partial charge in [0.1, 0.15) is 17.9 Å². The molecule has 46 heavy (non-hydrogen) atoms. The minimum Gasteiger partial charge on any atom is -0.450 e. The van der Waals surface area contributed by atoms with E-state index in [2.05, 4.69) is 5.32 Å². The highest BCUT2D eigenvalue weighted by Crippen LogP contribution is 2.29. The number of carbonyl (C=O) groups is 5. The van der Waals surface area contributed by atoms with Crippen molar-refractivity contribution in [2.24, 2.45) is 23.7 Å². The zero-order valence-electron chi connectivity index (χ0n) is 30.6. The summed E-state index contributed by atoms with van der Waals surface area (Å²) in [5.74, 6) is -1.75. The molecule has 1 aliphatic rings. The molecule has 12 nitrogen and oxygen atoms in total. The first-order valence-corrected chi connectivity index (χ1v) is 16.8. The SMILES string of the molecule is CCOC(=O)N(C)C(C(=O)NC(C(=O)N(C)C(C(C)CC)C(CC(=O)N1CCCC1C(OC)C(C)C(C)=O)OC)C(C)C)C(C)C. The lowest BCUT2D eigenvalue weighted by atomic mass is 9.89. The number of amides is 4. The fraction of sp³-hybridized carbons (Fsp3) is 0.853. The number of methoxy groups -OCH3 is 2. The Balaban J connectivity index is 3.30. The molecule has 12 heteroatoms. The predicted octanol–water partition coefficient (Wildman–Crippen LogP) is 3.75. The van der Waals surface area contributed by atoms with E-state index in [1.807, 2.05) is 48.5 Å².